The number of amides is 1. The third-order valence-corrected chi connectivity index (χ3v) is 7.07. The van der Waals surface area contributed by atoms with Crippen molar-refractivity contribution in [2.24, 2.45) is 0 Å². The minimum atomic E-state index is -0.349. The first-order valence-electron chi connectivity index (χ1n) is 10.8. The fourth-order valence-corrected chi connectivity index (χ4v) is 4.68. The van der Waals surface area contributed by atoms with Crippen LogP contribution in [0.5, 0.6) is 0 Å². The number of fused-ring (bicyclic) bond motifs is 1. The van der Waals surface area contributed by atoms with Crippen LogP contribution in [0.15, 0.2) is 48.7 Å². The molecule has 2 heterocycles. The van der Waals surface area contributed by atoms with E-state index in [1.165, 1.54) is 0 Å². The predicted octanol–water partition coefficient (Wildman–Crippen LogP) is 4.37. The maximum Gasteiger partial charge on any atom is 0.252 e. The van der Waals surface area contributed by atoms with Crippen molar-refractivity contribution in [3.05, 3.63) is 70.4 Å². The van der Waals surface area contributed by atoms with Gasteiger partial charge in [0.05, 0.1) is 16.1 Å². The molecule has 0 bridgehead atoms. The largest absolute Gasteiger partial charge is 0.368 e. The summed E-state index contributed by atoms with van der Waals surface area (Å²) in [6.45, 7) is 3.98. The molecule has 31 heavy (non-hydrogen) atoms. The highest BCUT2D eigenvalue weighted by Gasteiger charge is 2.47. The minimum Gasteiger partial charge on any atom is -0.368 e. The highest BCUT2D eigenvalue weighted by atomic mass is 35.5. The van der Waals surface area contributed by atoms with E-state index in [1.807, 2.05) is 37.3 Å². The van der Waals surface area contributed by atoms with E-state index in [-0.39, 0.29) is 11.4 Å². The van der Waals surface area contributed by atoms with Crippen LogP contribution in [-0.4, -0.2) is 49.0 Å². The number of hydrogen-bond acceptors (Lipinski definition) is 4. The number of benzene rings is 2. The number of aryl methyl sites for hydroxylation is 1. The summed E-state index contributed by atoms with van der Waals surface area (Å²) in [6.07, 6.45) is 3.58. The van der Waals surface area contributed by atoms with Crippen molar-refractivity contribution < 1.29 is 4.79 Å². The molecule has 1 amide bonds. The van der Waals surface area contributed by atoms with Gasteiger partial charge in [0.15, 0.2) is 0 Å². The van der Waals surface area contributed by atoms with Crippen molar-refractivity contribution in [3.8, 4) is 0 Å². The number of nitrogens with zero attached hydrogens (tertiary/aromatic N) is 3. The molecule has 5 nitrogen and oxygen atoms in total. The van der Waals surface area contributed by atoms with Gasteiger partial charge in [-0.05, 0) is 69.3 Å². The lowest BCUT2D eigenvalue weighted by molar-refractivity contribution is 0.0930. The molecule has 2 aliphatic rings. The summed E-state index contributed by atoms with van der Waals surface area (Å²) < 4.78 is 0. The fraction of sp³-hybridized carbons (Fsp3) is 0.360. The lowest BCUT2D eigenvalue weighted by Gasteiger charge is -2.44. The predicted molar refractivity (Wildman–Crippen MR) is 126 cm³/mol. The summed E-state index contributed by atoms with van der Waals surface area (Å²) in [5.74, 6) is -0.0199. The number of hydrogen-bond donors (Lipinski definition) is 1. The second-order valence-corrected chi connectivity index (χ2v) is 9.46. The Labute approximate surface area is 188 Å². The summed E-state index contributed by atoms with van der Waals surface area (Å²) in [5.41, 5.74) is 4.38. The highest BCUT2D eigenvalue weighted by Crippen LogP contribution is 2.48. The summed E-state index contributed by atoms with van der Waals surface area (Å²) >= 11 is 6.36. The molecule has 1 aliphatic heterocycles. The average Bonchev–Trinajstić information content (AvgIpc) is 3.48. The molecule has 6 heteroatoms. The van der Waals surface area contributed by atoms with Crippen molar-refractivity contribution in [2.45, 2.75) is 31.3 Å². The molecule has 3 aromatic rings. The van der Waals surface area contributed by atoms with Crippen LogP contribution >= 0.6 is 11.6 Å². The van der Waals surface area contributed by atoms with Gasteiger partial charge in [0.25, 0.3) is 5.91 Å². The standard InChI is InChI=1S/C25H27ClN4O/c1-16-6-7-17(30-14-18(15-30)29(2)3)13-20(16)24(31)28-25(10-11-25)21-8-9-22(26)23-19(21)5-4-12-27-23/h4-9,12-13,18H,10-11,14-15H2,1-3H3,(H,28,31). The van der Waals surface area contributed by atoms with E-state index in [4.69, 9.17) is 11.6 Å². The number of aromatic nitrogens is 1. The normalized spacial score (nSPS) is 17.6. The van der Waals surface area contributed by atoms with Gasteiger partial charge in [-0.2, -0.15) is 0 Å². The Morgan fingerprint density at radius 1 is 1.19 bits per heavy atom. The van der Waals surface area contributed by atoms with Crippen LogP contribution in [0.1, 0.15) is 34.3 Å². The molecule has 1 N–H and O–H groups in total. The minimum absolute atomic E-state index is 0.0199. The fourth-order valence-electron chi connectivity index (χ4n) is 4.47. The van der Waals surface area contributed by atoms with Gasteiger partial charge in [-0.25, -0.2) is 0 Å². The maximum atomic E-state index is 13.4. The van der Waals surface area contributed by atoms with Crippen LogP contribution in [0.25, 0.3) is 10.9 Å². The Hall–Kier alpha value is -2.63. The van der Waals surface area contributed by atoms with Crippen molar-refractivity contribution in [1.29, 1.82) is 0 Å². The van der Waals surface area contributed by atoms with E-state index in [9.17, 15) is 4.79 Å². The molecule has 0 spiro atoms. The lowest BCUT2D eigenvalue weighted by atomic mass is 9.97. The summed E-state index contributed by atoms with van der Waals surface area (Å²) in [6, 6.07) is 14.6. The van der Waals surface area contributed by atoms with Crippen molar-refractivity contribution in [2.75, 3.05) is 32.1 Å². The molecule has 2 aromatic carbocycles. The second-order valence-electron chi connectivity index (χ2n) is 9.05. The summed E-state index contributed by atoms with van der Waals surface area (Å²) in [4.78, 5) is 22.4. The van der Waals surface area contributed by atoms with E-state index in [0.717, 1.165) is 59.2 Å². The molecule has 1 saturated carbocycles. The first kappa shape index (κ1) is 20.3. The lowest BCUT2D eigenvalue weighted by Crippen LogP contribution is -2.57. The first-order valence-corrected chi connectivity index (χ1v) is 11.1. The smallest absolute Gasteiger partial charge is 0.252 e. The molecule has 160 valence electrons. The number of carbonyl (C=O) groups excluding carboxylic acids is 1. The molecule has 0 atom stereocenters. The molecule has 5 rings (SSSR count). The van der Waals surface area contributed by atoms with Gasteiger partial charge in [0, 0.05) is 42.0 Å². The van der Waals surface area contributed by atoms with Crippen molar-refractivity contribution >= 4 is 34.1 Å². The van der Waals surface area contributed by atoms with Crippen LogP contribution < -0.4 is 10.2 Å². The maximum absolute atomic E-state index is 13.4. The van der Waals surface area contributed by atoms with Gasteiger partial charge >= 0.3 is 0 Å². The van der Waals surface area contributed by atoms with Gasteiger partial charge in [-0.1, -0.05) is 29.8 Å². The number of anilines is 1. The zero-order valence-corrected chi connectivity index (χ0v) is 18.9. The second kappa shape index (κ2) is 7.50. The van der Waals surface area contributed by atoms with Gasteiger partial charge in [0.1, 0.15) is 0 Å². The molecular weight excluding hydrogens is 408 g/mol. The van der Waals surface area contributed by atoms with Crippen LogP contribution in [-0.2, 0) is 5.54 Å². The van der Waals surface area contributed by atoms with E-state index in [0.29, 0.717) is 11.1 Å². The molecular formula is C25H27ClN4O. The van der Waals surface area contributed by atoms with Crippen molar-refractivity contribution in [1.82, 2.24) is 15.2 Å². The van der Waals surface area contributed by atoms with Gasteiger partial charge in [-0.15, -0.1) is 0 Å². The van der Waals surface area contributed by atoms with Gasteiger partial charge in [0.2, 0.25) is 0 Å². The zero-order valence-electron chi connectivity index (χ0n) is 18.2. The number of pyridine rings is 1. The van der Waals surface area contributed by atoms with Crippen LogP contribution in [0.3, 0.4) is 0 Å². The van der Waals surface area contributed by atoms with Crippen LogP contribution in [0.2, 0.25) is 5.02 Å². The Kier molecular flexibility index (Phi) is 4.91. The Morgan fingerprint density at radius 3 is 2.68 bits per heavy atom. The van der Waals surface area contributed by atoms with E-state index >= 15 is 0 Å². The molecule has 1 aromatic heterocycles. The molecule has 1 aliphatic carbocycles. The zero-order chi connectivity index (χ0) is 21.8. The van der Waals surface area contributed by atoms with Crippen LogP contribution in [0, 0.1) is 6.92 Å². The molecule has 2 fully saturated rings. The SMILES string of the molecule is Cc1ccc(N2CC(N(C)C)C2)cc1C(=O)NC1(c2ccc(Cl)c3ncccc23)CC1. The third kappa shape index (κ3) is 3.56. The topological polar surface area (TPSA) is 48.5 Å². The summed E-state index contributed by atoms with van der Waals surface area (Å²) in [7, 11) is 4.22. The van der Waals surface area contributed by atoms with Crippen LogP contribution in [0.4, 0.5) is 5.69 Å². The number of rotatable bonds is 5. The molecule has 0 radical (unpaired) electrons. The third-order valence-electron chi connectivity index (χ3n) is 6.76. The number of halogens is 1. The van der Waals surface area contributed by atoms with Crippen molar-refractivity contribution in [3.63, 3.8) is 0 Å². The quantitative estimate of drug-likeness (QED) is 0.648. The monoisotopic (exact) mass is 434 g/mol. The number of nitrogens with one attached hydrogen (secondary N) is 1. The number of likely N-dealkylation sites (N-methyl/N-ethyl adjacent to an activating group) is 1. The van der Waals surface area contributed by atoms with E-state index in [1.54, 1.807) is 6.20 Å². The van der Waals surface area contributed by atoms with E-state index in [2.05, 4.69) is 46.3 Å². The first-order chi connectivity index (χ1) is 14.9. The van der Waals surface area contributed by atoms with Gasteiger partial charge in [-0.3, -0.25) is 9.78 Å². The van der Waals surface area contributed by atoms with Gasteiger partial charge < -0.3 is 15.1 Å². The molecule has 0 unspecified atom stereocenters. The highest BCUT2D eigenvalue weighted by molar-refractivity contribution is 6.35. The summed E-state index contributed by atoms with van der Waals surface area (Å²) in [5, 5.41) is 4.99. The van der Waals surface area contributed by atoms with E-state index < -0.39 is 0 Å². The Balaban J connectivity index is 1.41. The molecule has 1 saturated heterocycles. The Morgan fingerprint density at radius 2 is 1.97 bits per heavy atom. The number of carbonyl (C=O) groups is 1. The average molecular weight is 435 g/mol. The Bertz CT molecular complexity index is 1170.